The molecule has 3 rings (SSSR count). The van der Waals surface area contributed by atoms with Crippen LogP contribution in [0.2, 0.25) is 0 Å². The molecule has 1 atom stereocenters. The van der Waals surface area contributed by atoms with E-state index in [0.717, 1.165) is 10.7 Å². The lowest BCUT2D eigenvalue weighted by Crippen LogP contribution is -2.42. The molecule has 1 aromatic carbocycles. The third-order valence-corrected chi connectivity index (χ3v) is 3.68. The molecule has 2 aromatic rings. The number of tetrazole rings is 1. The van der Waals surface area contributed by atoms with Crippen molar-refractivity contribution >= 4 is 11.9 Å². The normalized spacial score (nSPS) is 17.1. The van der Waals surface area contributed by atoms with Crippen molar-refractivity contribution in [1.82, 2.24) is 30.0 Å². The Morgan fingerprint density at radius 3 is 2.83 bits per heavy atom. The Morgan fingerprint density at radius 2 is 2.12 bits per heavy atom. The molecule has 24 heavy (non-hydrogen) atoms. The van der Waals surface area contributed by atoms with E-state index in [0.29, 0.717) is 17.6 Å². The number of amides is 2. The highest BCUT2D eigenvalue weighted by Gasteiger charge is 2.29. The van der Waals surface area contributed by atoms with E-state index in [1.807, 2.05) is 0 Å². The molecule has 0 aliphatic carbocycles. The van der Waals surface area contributed by atoms with Crippen LogP contribution in [0.5, 0.6) is 0 Å². The van der Waals surface area contributed by atoms with Gasteiger partial charge in [-0.15, -0.1) is 4.68 Å². The summed E-state index contributed by atoms with van der Waals surface area (Å²) in [7, 11) is 0. The highest BCUT2D eigenvalue weighted by molar-refractivity contribution is 5.76. The molecule has 0 bridgehead atoms. The number of nitrogens with one attached hydrogen (secondary N) is 1. The van der Waals surface area contributed by atoms with E-state index in [1.54, 1.807) is 0 Å². The van der Waals surface area contributed by atoms with Gasteiger partial charge in [0, 0.05) is 26.1 Å². The second-order valence-corrected chi connectivity index (χ2v) is 5.48. The quantitative estimate of drug-likeness (QED) is 0.763. The van der Waals surface area contributed by atoms with Crippen molar-refractivity contribution in [3.63, 3.8) is 0 Å². The van der Waals surface area contributed by atoms with Crippen molar-refractivity contribution in [2.75, 3.05) is 13.1 Å². The standard InChI is InChI=1S/C14H15FN6O3/c1-9(22)16-11-5-6-19(8-11)13(23)21-14(24)20(17-18-21)12-4-2-3-10(15)7-12/h2-4,7,11H,5-6,8H2,1H3,(H,16,22). The summed E-state index contributed by atoms with van der Waals surface area (Å²) in [6.45, 7) is 2.08. The molecular weight excluding hydrogens is 319 g/mol. The van der Waals surface area contributed by atoms with Crippen LogP contribution in [0.3, 0.4) is 0 Å². The second-order valence-electron chi connectivity index (χ2n) is 5.48. The highest BCUT2D eigenvalue weighted by Crippen LogP contribution is 2.10. The predicted octanol–water partition coefficient (Wildman–Crippen LogP) is -0.253. The maximum absolute atomic E-state index is 13.3. The first-order valence-electron chi connectivity index (χ1n) is 7.33. The van der Waals surface area contributed by atoms with Crippen molar-refractivity contribution < 1.29 is 14.0 Å². The number of hydrogen-bond donors (Lipinski definition) is 1. The smallest absolute Gasteiger partial charge is 0.352 e. The number of rotatable bonds is 2. The fourth-order valence-electron chi connectivity index (χ4n) is 2.61. The zero-order valence-corrected chi connectivity index (χ0v) is 12.8. The highest BCUT2D eigenvalue weighted by atomic mass is 19.1. The lowest BCUT2D eigenvalue weighted by Gasteiger charge is -2.15. The Bertz CT molecular complexity index is 845. The number of halogens is 1. The Kier molecular flexibility index (Phi) is 4.11. The summed E-state index contributed by atoms with van der Waals surface area (Å²) in [5, 5.41) is 9.92. The minimum Gasteiger partial charge on any atom is -0.352 e. The van der Waals surface area contributed by atoms with Gasteiger partial charge in [-0.05, 0) is 35.0 Å². The first-order valence-corrected chi connectivity index (χ1v) is 7.33. The number of benzene rings is 1. The van der Waals surface area contributed by atoms with Gasteiger partial charge in [-0.3, -0.25) is 4.79 Å². The van der Waals surface area contributed by atoms with E-state index < -0.39 is 17.5 Å². The summed E-state index contributed by atoms with van der Waals surface area (Å²) in [4.78, 5) is 37.2. The van der Waals surface area contributed by atoms with E-state index in [-0.39, 0.29) is 24.2 Å². The Hall–Kier alpha value is -3.04. The molecule has 9 nitrogen and oxygen atoms in total. The topological polar surface area (TPSA) is 102 Å². The fraction of sp³-hybridized carbons (Fsp3) is 0.357. The molecule has 0 radical (unpaired) electrons. The zero-order chi connectivity index (χ0) is 17.3. The van der Waals surface area contributed by atoms with E-state index in [4.69, 9.17) is 0 Å². The molecule has 2 heterocycles. The largest absolute Gasteiger partial charge is 0.377 e. The molecule has 1 fully saturated rings. The molecule has 126 valence electrons. The van der Waals surface area contributed by atoms with Crippen molar-refractivity contribution in [3.05, 3.63) is 40.6 Å². The molecule has 1 saturated heterocycles. The van der Waals surface area contributed by atoms with Gasteiger partial charge in [-0.2, -0.15) is 4.68 Å². The van der Waals surface area contributed by atoms with Gasteiger partial charge in [0.1, 0.15) is 5.82 Å². The van der Waals surface area contributed by atoms with Crippen LogP contribution in [-0.4, -0.2) is 55.8 Å². The summed E-state index contributed by atoms with van der Waals surface area (Å²) in [5.41, 5.74) is -0.606. The average Bonchev–Trinajstić information content (AvgIpc) is 3.13. The number of aromatic nitrogens is 4. The summed E-state index contributed by atoms with van der Waals surface area (Å²) in [6, 6.07) is 4.48. The van der Waals surface area contributed by atoms with Gasteiger partial charge in [0.05, 0.1) is 5.69 Å². The fourth-order valence-corrected chi connectivity index (χ4v) is 2.61. The third kappa shape index (κ3) is 3.03. The Labute approximate surface area is 135 Å². The summed E-state index contributed by atoms with van der Waals surface area (Å²) in [6.07, 6.45) is 0.595. The maximum atomic E-state index is 13.3. The third-order valence-electron chi connectivity index (χ3n) is 3.68. The molecule has 1 unspecified atom stereocenters. The molecule has 1 aromatic heterocycles. The van der Waals surface area contributed by atoms with Crippen LogP contribution in [0.1, 0.15) is 13.3 Å². The first kappa shape index (κ1) is 15.8. The molecule has 1 aliphatic heterocycles. The monoisotopic (exact) mass is 334 g/mol. The number of carbonyl (C=O) groups excluding carboxylic acids is 2. The molecule has 1 N–H and O–H groups in total. The molecule has 0 spiro atoms. The van der Waals surface area contributed by atoms with E-state index >= 15 is 0 Å². The average molecular weight is 334 g/mol. The van der Waals surface area contributed by atoms with Gasteiger partial charge in [0.25, 0.3) is 0 Å². The zero-order valence-electron chi connectivity index (χ0n) is 12.8. The van der Waals surface area contributed by atoms with Gasteiger partial charge >= 0.3 is 11.7 Å². The summed E-state index contributed by atoms with van der Waals surface area (Å²) in [5.74, 6) is -0.707. The van der Waals surface area contributed by atoms with Crippen LogP contribution < -0.4 is 11.0 Å². The molecule has 10 heteroatoms. The van der Waals surface area contributed by atoms with E-state index in [9.17, 15) is 18.8 Å². The van der Waals surface area contributed by atoms with E-state index in [1.165, 1.54) is 30.0 Å². The number of likely N-dealkylation sites (tertiary alicyclic amines) is 1. The molecule has 0 saturated carbocycles. The summed E-state index contributed by atoms with van der Waals surface area (Å²) >= 11 is 0. The molecule has 2 amide bonds. The van der Waals surface area contributed by atoms with Crippen LogP contribution in [0.4, 0.5) is 9.18 Å². The predicted molar refractivity (Wildman–Crippen MR) is 80.2 cm³/mol. The number of hydrogen-bond acceptors (Lipinski definition) is 5. The van der Waals surface area contributed by atoms with Gasteiger partial charge in [-0.25, -0.2) is 14.0 Å². The van der Waals surface area contributed by atoms with Crippen molar-refractivity contribution in [1.29, 1.82) is 0 Å². The lowest BCUT2D eigenvalue weighted by atomic mass is 10.3. The molecular formula is C14H15FN6O3. The van der Waals surface area contributed by atoms with Crippen molar-refractivity contribution in [3.8, 4) is 5.69 Å². The van der Waals surface area contributed by atoms with Crippen LogP contribution >= 0.6 is 0 Å². The Balaban J connectivity index is 1.80. The van der Waals surface area contributed by atoms with Crippen molar-refractivity contribution in [2.45, 2.75) is 19.4 Å². The summed E-state index contributed by atoms with van der Waals surface area (Å²) < 4.78 is 14.7. The minimum absolute atomic E-state index is 0.152. The maximum Gasteiger partial charge on any atom is 0.377 e. The van der Waals surface area contributed by atoms with Crippen LogP contribution in [0.25, 0.3) is 5.69 Å². The van der Waals surface area contributed by atoms with E-state index in [2.05, 4.69) is 15.7 Å². The lowest BCUT2D eigenvalue weighted by molar-refractivity contribution is -0.119. The van der Waals surface area contributed by atoms with Gasteiger partial charge < -0.3 is 10.2 Å². The van der Waals surface area contributed by atoms with Gasteiger partial charge in [-0.1, -0.05) is 6.07 Å². The van der Waals surface area contributed by atoms with Crippen LogP contribution in [0, 0.1) is 5.82 Å². The van der Waals surface area contributed by atoms with Crippen LogP contribution in [-0.2, 0) is 4.79 Å². The number of carbonyl (C=O) groups is 2. The molecule has 1 aliphatic rings. The Morgan fingerprint density at radius 1 is 1.33 bits per heavy atom. The number of nitrogens with zero attached hydrogens (tertiary/aromatic N) is 5. The van der Waals surface area contributed by atoms with Gasteiger partial charge in [0.15, 0.2) is 0 Å². The second kappa shape index (κ2) is 6.22. The first-order chi connectivity index (χ1) is 11.5. The van der Waals surface area contributed by atoms with Crippen molar-refractivity contribution in [2.24, 2.45) is 0 Å². The van der Waals surface area contributed by atoms with Gasteiger partial charge in [0.2, 0.25) is 5.91 Å². The minimum atomic E-state index is -0.784. The SMILES string of the molecule is CC(=O)NC1CCN(C(=O)n2nnn(-c3cccc(F)c3)c2=O)C1. The van der Waals surface area contributed by atoms with Crippen LogP contribution in [0.15, 0.2) is 29.1 Å².